The zero-order chi connectivity index (χ0) is 21.2. The predicted octanol–water partition coefficient (Wildman–Crippen LogP) is 1.21. The van der Waals surface area contributed by atoms with Gasteiger partial charge in [-0.25, -0.2) is 22.0 Å². The minimum atomic E-state index is -4.01. The molecule has 2 aromatic carbocycles. The Morgan fingerprint density at radius 3 is 2.34 bits per heavy atom. The molecule has 0 saturated carbocycles. The molecule has 158 valence electrons. The number of primary sulfonamides is 1. The van der Waals surface area contributed by atoms with Crippen molar-refractivity contribution in [3.8, 4) is 0 Å². The third-order valence-electron chi connectivity index (χ3n) is 4.82. The van der Waals surface area contributed by atoms with Gasteiger partial charge in [0.1, 0.15) is 0 Å². The van der Waals surface area contributed by atoms with Gasteiger partial charge in [0.2, 0.25) is 10.0 Å². The van der Waals surface area contributed by atoms with E-state index in [1.807, 2.05) is 24.3 Å². The van der Waals surface area contributed by atoms with Gasteiger partial charge in [-0.15, -0.1) is 0 Å². The van der Waals surface area contributed by atoms with Crippen LogP contribution in [0.3, 0.4) is 0 Å². The second-order valence-electron chi connectivity index (χ2n) is 7.03. The van der Waals surface area contributed by atoms with Gasteiger partial charge in [-0.3, -0.25) is 0 Å². The zero-order valence-electron chi connectivity index (χ0n) is 16.4. The van der Waals surface area contributed by atoms with Gasteiger partial charge in [0.15, 0.2) is 9.84 Å². The highest BCUT2D eigenvalue weighted by Crippen LogP contribution is 2.30. The summed E-state index contributed by atoms with van der Waals surface area (Å²) in [5, 5.41) is 5.17. The van der Waals surface area contributed by atoms with Crippen molar-refractivity contribution in [2.75, 3.05) is 49.4 Å². The average Bonchev–Trinajstić information content (AvgIpc) is 2.67. The van der Waals surface area contributed by atoms with Crippen LogP contribution in [0, 0.1) is 0 Å². The Balaban J connectivity index is 1.97. The molecule has 1 aliphatic heterocycles. The highest BCUT2D eigenvalue weighted by atomic mass is 32.2. The highest BCUT2D eigenvalue weighted by molar-refractivity contribution is 7.91. The summed E-state index contributed by atoms with van der Waals surface area (Å²) in [5.74, 6) is 0. The summed E-state index contributed by atoms with van der Waals surface area (Å²) >= 11 is 0. The molecule has 1 heterocycles. The molecule has 1 saturated heterocycles. The van der Waals surface area contributed by atoms with Crippen molar-refractivity contribution < 1.29 is 21.6 Å². The first-order valence-corrected chi connectivity index (χ1v) is 12.5. The average molecular weight is 440 g/mol. The van der Waals surface area contributed by atoms with Gasteiger partial charge in [0, 0.05) is 38.6 Å². The third kappa shape index (κ3) is 5.08. The molecule has 10 heteroatoms. The zero-order valence-corrected chi connectivity index (χ0v) is 18.0. The maximum absolute atomic E-state index is 12.3. The largest absolute Gasteiger partial charge is 0.378 e. The van der Waals surface area contributed by atoms with Crippen molar-refractivity contribution >= 4 is 31.2 Å². The van der Waals surface area contributed by atoms with Crippen LogP contribution in [-0.2, 0) is 31.1 Å². The monoisotopic (exact) mass is 439 g/mol. The van der Waals surface area contributed by atoms with E-state index in [0.717, 1.165) is 36.7 Å². The molecule has 29 heavy (non-hydrogen) atoms. The molecule has 1 aliphatic rings. The maximum atomic E-state index is 12.3. The number of rotatable bonds is 6. The molecular weight excluding hydrogens is 414 g/mol. The van der Waals surface area contributed by atoms with Crippen molar-refractivity contribution in [1.82, 2.24) is 0 Å². The molecule has 3 rings (SSSR count). The molecule has 0 radical (unpaired) electrons. The fraction of sp³-hybridized carbons (Fsp3) is 0.368. The lowest BCUT2D eigenvalue weighted by Crippen LogP contribution is -2.37. The van der Waals surface area contributed by atoms with Crippen LogP contribution >= 0.6 is 0 Å². The summed E-state index contributed by atoms with van der Waals surface area (Å²) in [5.41, 5.74) is 2.52. The van der Waals surface area contributed by atoms with E-state index in [1.54, 1.807) is 11.9 Å². The van der Waals surface area contributed by atoms with Gasteiger partial charge in [-0.05, 0) is 29.8 Å². The smallest absolute Gasteiger partial charge is 0.238 e. The number of ether oxygens (including phenoxy) is 1. The van der Waals surface area contributed by atoms with Gasteiger partial charge in [-0.1, -0.05) is 18.2 Å². The molecule has 0 aliphatic carbocycles. The van der Waals surface area contributed by atoms with E-state index in [4.69, 9.17) is 9.88 Å². The Bertz CT molecular complexity index is 1090. The number of para-hydroxylation sites is 1. The number of morpholine rings is 1. The lowest BCUT2D eigenvalue weighted by Gasteiger charge is -2.32. The first-order chi connectivity index (χ1) is 13.6. The van der Waals surface area contributed by atoms with Gasteiger partial charge in [0.25, 0.3) is 0 Å². The Hall–Kier alpha value is -2.14. The number of hydrogen-bond donors (Lipinski definition) is 1. The van der Waals surface area contributed by atoms with Crippen molar-refractivity contribution in [3.63, 3.8) is 0 Å². The molecule has 0 amide bonds. The fourth-order valence-electron chi connectivity index (χ4n) is 3.38. The standard InChI is InChI=1S/C19H25N3O5S2/c1-21(14-15-5-3-4-6-17(15)22-9-11-27-12-10-22)18-8-7-16(29(20,25)26)13-19(18)28(2,23)24/h3-8,13H,9-12,14H2,1-2H3,(H2,20,25,26). The second-order valence-corrected chi connectivity index (χ2v) is 10.6. The van der Waals surface area contributed by atoms with E-state index >= 15 is 0 Å². The first-order valence-electron chi connectivity index (χ1n) is 9.06. The van der Waals surface area contributed by atoms with E-state index in [1.165, 1.54) is 12.1 Å². The van der Waals surface area contributed by atoms with Gasteiger partial charge in [0.05, 0.1) is 28.7 Å². The molecule has 2 N–H and O–H groups in total. The van der Waals surface area contributed by atoms with Crippen LogP contribution in [0.5, 0.6) is 0 Å². The lowest BCUT2D eigenvalue weighted by molar-refractivity contribution is 0.122. The number of anilines is 2. The van der Waals surface area contributed by atoms with Crippen LogP contribution in [-0.4, -0.2) is 56.4 Å². The third-order valence-corrected chi connectivity index (χ3v) is 6.86. The Labute approximate surface area is 171 Å². The van der Waals surface area contributed by atoms with E-state index in [0.29, 0.717) is 25.4 Å². The number of sulfonamides is 1. The minimum Gasteiger partial charge on any atom is -0.378 e. The summed E-state index contributed by atoms with van der Waals surface area (Å²) in [6.45, 7) is 3.36. The van der Waals surface area contributed by atoms with Gasteiger partial charge in [-0.2, -0.15) is 0 Å². The summed E-state index contributed by atoms with van der Waals surface area (Å²) in [6, 6.07) is 11.9. The van der Waals surface area contributed by atoms with E-state index in [9.17, 15) is 16.8 Å². The highest BCUT2D eigenvalue weighted by Gasteiger charge is 2.22. The van der Waals surface area contributed by atoms with Crippen LogP contribution < -0.4 is 14.9 Å². The van der Waals surface area contributed by atoms with Crippen LogP contribution in [0.25, 0.3) is 0 Å². The van der Waals surface area contributed by atoms with Crippen molar-refractivity contribution in [2.24, 2.45) is 5.14 Å². The summed E-state index contributed by atoms with van der Waals surface area (Å²) in [4.78, 5) is 3.73. The maximum Gasteiger partial charge on any atom is 0.238 e. The minimum absolute atomic E-state index is 0.0737. The van der Waals surface area contributed by atoms with Gasteiger partial charge >= 0.3 is 0 Å². The van der Waals surface area contributed by atoms with Crippen molar-refractivity contribution in [3.05, 3.63) is 48.0 Å². The van der Waals surface area contributed by atoms with Crippen LogP contribution in [0.2, 0.25) is 0 Å². The molecule has 0 unspecified atom stereocenters. The van der Waals surface area contributed by atoms with Crippen molar-refractivity contribution in [1.29, 1.82) is 0 Å². The topological polar surface area (TPSA) is 110 Å². The van der Waals surface area contributed by atoms with Crippen LogP contribution in [0.4, 0.5) is 11.4 Å². The van der Waals surface area contributed by atoms with E-state index in [2.05, 4.69) is 4.90 Å². The van der Waals surface area contributed by atoms with Gasteiger partial charge < -0.3 is 14.5 Å². The normalized spacial score (nSPS) is 15.3. The quantitative estimate of drug-likeness (QED) is 0.720. The first kappa shape index (κ1) is 21.6. The molecule has 2 aromatic rings. The molecule has 0 atom stereocenters. The van der Waals surface area contributed by atoms with E-state index in [-0.39, 0.29) is 9.79 Å². The summed E-state index contributed by atoms with van der Waals surface area (Å²) < 4.78 is 53.4. The fourth-order valence-corrected chi connectivity index (χ4v) is 4.94. The molecule has 0 bridgehead atoms. The molecule has 0 aromatic heterocycles. The number of sulfone groups is 1. The molecule has 1 fully saturated rings. The Morgan fingerprint density at radius 1 is 1.07 bits per heavy atom. The number of benzene rings is 2. The van der Waals surface area contributed by atoms with Crippen LogP contribution in [0.15, 0.2) is 52.3 Å². The second kappa shape index (κ2) is 8.31. The molecular formula is C19H25N3O5S2. The van der Waals surface area contributed by atoms with Crippen LogP contribution in [0.1, 0.15) is 5.56 Å². The number of nitrogens with zero attached hydrogens (tertiary/aromatic N) is 2. The number of hydrogen-bond acceptors (Lipinski definition) is 7. The Morgan fingerprint density at radius 2 is 1.72 bits per heavy atom. The summed E-state index contributed by atoms with van der Waals surface area (Å²) in [7, 11) is -5.91. The van der Waals surface area contributed by atoms with Crippen molar-refractivity contribution in [2.45, 2.75) is 16.3 Å². The predicted molar refractivity (Wildman–Crippen MR) is 113 cm³/mol. The number of nitrogens with two attached hydrogens (primary N) is 1. The Kier molecular flexibility index (Phi) is 6.18. The van der Waals surface area contributed by atoms with E-state index < -0.39 is 19.9 Å². The molecule has 0 spiro atoms. The molecule has 8 nitrogen and oxygen atoms in total. The SMILES string of the molecule is CN(Cc1ccccc1N1CCOCC1)c1ccc(S(N)(=O)=O)cc1S(C)(=O)=O. The lowest BCUT2D eigenvalue weighted by atomic mass is 10.1. The summed E-state index contributed by atoms with van der Waals surface area (Å²) in [6.07, 6.45) is 1.05.